The van der Waals surface area contributed by atoms with Gasteiger partial charge in [0.05, 0.1) is 43.4 Å². The molecule has 0 aliphatic carbocycles. The highest BCUT2D eigenvalue weighted by atomic mass is 28.4. The van der Waals surface area contributed by atoms with E-state index in [-0.39, 0.29) is 55.7 Å². The molecule has 3 amide bonds. The monoisotopic (exact) mass is 754 g/mol. The van der Waals surface area contributed by atoms with Crippen LogP contribution >= 0.6 is 0 Å². The standard InChI is InChI=1S/C40H43FN4O8Si/c1-26-37(54(3,4)41)35(23-36(47)43(19-20-46)24-27-9-6-5-7-10-27)53-40(26)33-22-31(45(50)51)15-18-34(33)44(39(40)49)25-28-11-8-12-30(21-28)42-38(48)29-13-16-32(52-2)17-14-29/h5-18,21-22,26,35,37,46H,19-20,23-25H2,1-4H3,(H,42,48)/t26-,35+,37-,40+/m1/s1. The molecular weight excluding hydrogens is 712 g/mol. The molecule has 1 fully saturated rings. The second-order valence-corrected chi connectivity index (χ2v) is 18.0. The summed E-state index contributed by atoms with van der Waals surface area (Å²) in [7, 11) is -2.14. The number of aliphatic hydroxyl groups is 1. The Labute approximate surface area is 313 Å². The van der Waals surface area contributed by atoms with Gasteiger partial charge in [-0.05, 0) is 66.7 Å². The molecule has 6 rings (SSSR count). The Bertz CT molecular complexity index is 2040. The van der Waals surface area contributed by atoms with Crippen LogP contribution in [0.2, 0.25) is 18.6 Å². The zero-order valence-corrected chi connectivity index (χ0v) is 31.5. The third-order valence-electron chi connectivity index (χ3n) is 10.3. The quantitative estimate of drug-likeness (QED) is 0.0672. The van der Waals surface area contributed by atoms with Crippen LogP contribution in [0.25, 0.3) is 0 Å². The van der Waals surface area contributed by atoms with Gasteiger partial charge in [-0.1, -0.05) is 49.4 Å². The Morgan fingerprint density at radius 3 is 2.39 bits per heavy atom. The number of fused-ring (bicyclic) bond motifs is 2. The van der Waals surface area contributed by atoms with Gasteiger partial charge in [-0.2, -0.15) is 0 Å². The second-order valence-electron chi connectivity index (χ2n) is 14.2. The Kier molecular flexibility index (Phi) is 11.0. The van der Waals surface area contributed by atoms with Crippen LogP contribution in [0.4, 0.5) is 21.2 Å². The van der Waals surface area contributed by atoms with Gasteiger partial charge < -0.3 is 33.8 Å². The number of nitrogens with one attached hydrogen (secondary N) is 1. The van der Waals surface area contributed by atoms with Crippen molar-refractivity contribution in [1.29, 1.82) is 0 Å². The van der Waals surface area contributed by atoms with Crippen molar-refractivity contribution in [3.63, 3.8) is 0 Å². The number of halogens is 1. The Morgan fingerprint density at radius 2 is 1.74 bits per heavy atom. The van der Waals surface area contributed by atoms with E-state index in [2.05, 4.69) is 5.32 Å². The predicted molar refractivity (Wildman–Crippen MR) is 203 cm³/mol. The van der Waals surface area contributed by atoms with Crippen molar-refractivity contribution in [2.24, 2.45) is 5.92 Å². The lowest BCUT2D eigenvalue weighted by molar-refractivity contribution is -0.385. The van der Waals surface area contributed by atoms with E-state index in [9.17, 15) is 29.6 Å². The summed E-state index contributed by atoms with van der Waals surface area (Å²) in [6.07, 6.45) is -1.28. The molecule has 2 heterocycles. The number of nitro benzene ring substituents is 1. The van der Waals surface area contributed by atoms with E-state index in [4.69, 9.17) is 9.47 Å². The van der Waals surface area contributed by atoms with Gasteiger partial charge in [0.15, 0.2) is 5.60 Å². The summed E-state index contributed by atoms with van der Waals surface area (Å²) in [5.41, 5.74) is 0.112. The molecule has 0 bridgehead atoms. The SMILES string of the molecule is COc1ccc(C(=O)Nc2cccc(CN3C(=O)[C@@]4(O[C@@H](CC(=O)N(CCO)Cc5ccccc5)[C@H]([Si](C)(C)F)[C@H]4C)c4cc([N+](=O)[O-])ccc43)c2)cc1. The van der Waals surface area contributed by atoms with Gasteiger partial charge in [0.2, 0.25) is 14.3 Å². The van der Waals surface area contributed by atoms with E-state index in [1.165, 1.54) is 48.2 Å². The van der Waals surface area contributed by atoms with Crippen LogP contribution in [0.5, 0.6) is 5.75 Å². The molecule has 2 aliphatic rings. The van der Waals surface area contributed by atoms with Crippen LogP contribution in [0.15, 0.2) is 97.1 Å². The third kappa shape index (κ3) is 7.49. The maximum absolute atomic E-state index is 16.5. The largest absolute Gasteiger partial charge is 0.497 e. The summed E-state index contributed by atoms with van der Waals surface area (Å²) in [4.78, 5) is 56.2. The zero-order chi connectivity index (χ0) is 38.8. The highest BCUT2D eigenvalue weighted by Gasteiger charge is 2.67. The van der Waals surface area contributed by atoms with Crippen molar-refractivity contribution >= 4 is 43.2 Å². The number of amides is 3. The molecule has 0 radical (unpaired) electrons. The van der Waals surface area contributed by atoms with E-state index in [0.717, 1.165) is 5.56 Å². The molecule has 54 heavy (non-hydrogen) atoms. The van der Waals surface area contributed by atoms with Crippen LogP contribution < -0.4 is 15.0 Å². The van der Waals surface area contributed by atoms with Gasteiger partial charge in [0.1, 0.15) is 5.75 Å². The minimum Gasteiger partial charge on any atom is -0.497 e. The fraction of sp³-hybridized carbons (Fsp3) is 0.325. The first-order valence-electron chi connectivity index (χ1n) is 17.7. The molecule has 282 valence electrons. The highest BCUT2D eigenvalue weighted by molar-refractivity contribution is 6.72. The number of benzene rings is 4. The van der Waals surface area contributed by atoms with E-state index < -0.39 is 42.4 Å². The molecule has 0 unspecified atom stereocenters. The first-order chi connectivity index (χ1) is 25.8. The number of hydrogen-bond acceptors (Lipinski definition) is 8. The van der Waals surface area contributed by atoms with E-state index >= 15 is 4.11 Å². The number of carbonyl (C=O) groups excluding carboxylic acids is 3. The summed E-state index contributed by atoms with van der Waals surface area (Å²) in [5, 5.41) is 24.7. The number of carbonyl (C=O) groups is 3. The molecule has 1 saturated heterocycles. The number of methoxy groups -OCH3 is 1. The predicted octanol–water partition coefficient (Wildman–Crippen LogP) is 6.59. The summed E-state index contributed by atoms with van der Waals surface area (Å²) in [6, 6.07) is 27.0. The number of nitrogens with zero attached hydrogens (tertiary/aromatic N) is 3. The summed E-state index contributed by atoms with van der Waals surface area (Å²) >= 11 is 0. The lowest BCUT2D eigenvalue weighted by Crippen LogP contribution is -2.45. The molecule has 1 spiro atoms. The smallest absolute Gasteiger partial charge is 0.269 e. The maximum atomic E-state index is 16.5. The first kappa shape index (κ1) is 38.3. The van der Waals surface area contributed by atoms with Crippen LogP contribution in [0.1, 0.15) is 40.4 Å². The van der Waals surface area contributed by atoms with Crippen molar-refractivity contribution in [2.45, 2.75) is 56.8 Å². The molecule has 4 aromatic carbocycles. The molecule has 4 atom stereocenters. The average molecular weight is 755 g/mol. The molecule has 2 aliphatic heterocycles. The number of nitro groups is 1. The molecule has 2 N–H and O–H groups in total. The summed E-state index contributed by atoms with van der Waals surface area (Å²) in [6.45, 7) is 4.74. The second kappa shape index (κ2) is 15.5. The average Bonchev–Trinajstić information content (AvgIpc) is 3.57. The molecule has 0 aromatic heterocycles. The van der Waals surface area contributed by atoms with Gasteiger partial charge in [0.25, 0.3) is 17.5 Å². The molecular formula is C40H43FN4O8Si. The highest BCUT2D eigenvalue weighted by Crippen LogP contribution is 2.60. The lowest BCUT2D eigenvalue weighted by Gasteiger charge is -2.31. The van der Waals surface area contributed by atoms with Gasteiger partial charge in [-0.25, -0.2) is 0 Å². The molecule has 0 saturated carbocycles. The molecule has 4 aromatic rings. The fourth-order valence-corrected chi connectivity index (χ4v) is 10.4. The van der Waals surface area contributed by atoms with Gasteiger partial charge >= 0.3 is 0 Å². The number of hydrogen-bond donors (Lipinski definition) is 2. The van der Waals surface area contributed by atoms with Gasteiger partial charge in [-0.3, -0.25) is 24.5 Å². The van der Waals surface area contributed by atoms with Gasteiger partial charge in [0, 0.05) is 53.5 Å². The van der Waals surface area contributed by atoms with Crippen molar-refractivity contribution in [3.05, 3.63) is 129 Å². The maximum Gasteiger partial charge on any atom is 0.269 e. The minimum atomic E-state index is -3.67. The van der Waals surface area contributed by atoms with E-state index in [1.807, 2.05) is 30.3 Å². The number of anilines is 2. The number of rotatable bonds is 13. The van der Waals surface area contributed by atoms with Crippen molar-refractivity contribution < 1.29 is 38.0 Å². The Morgan fingerprint density at radius 1 is 1.04 bits per heavy atom. The van der Waals surface area contributed by atoms with E-state index in [1.54, 1.807) is 55.5 Å². The number of aliphatic hydroxyl groups excluding tert-OH is 1. The van der Waals surface area contributed by atoms with Crippen molar-refractivity contribution in [2.75, 3.05) is 30.5 Å². The zero-order valence-electron chi connectivity index (χ0n) is 30.5. The summed E-state index contributed by atoms with van der Waals surface area (Å²) in [5.74, 6) is -1.42. The Balaban J connectivity index is 1.32. The minimum absolute atomic E-state index is 0.0137. The van der Waals surface area contributed by atoms with Crippen molar-refractivity contribution in [1.82, 2.24) is 4.90 Å². The first-order valence-corrected chi connectivity index (χ1v) is 20.7. The normalized spacial score (nSPS) is 20.5. The van der Waals surface area contributed by atoms with Crippen LogP contribution in [-0.4, -0.2) is 67.4 Å². The third-order valence-corrected chi connectivity index (χ3v) is 12.8. The summed E-state index contributed by atoms with van der Waals surface area (Å²) < 4.78 is 28.3. The number of ether oxygens (including phenoxy) is 2. The van der Waals surface area contributed by atoms with Gasteiger partial charge in [-0.15, -0.1) is 0 Å². The van der Waals surface area contributed by atoms with E-state index in [0.29, 0.717) is 28.3 Å². The van der Waals surface area contributed by atoms with Crippen LogP contribution in [-0.2, 0) is 33.0 Å². The topological polar surface area (TPSA) is 152 Å². The van der Waals surface area contributed by atoms with Crippen LogP contribution in [0, 0.1) is 16.0 Å². The lowest BCUT2D eigenvalue weighted by atomic mass is 9.82. The Hall–Kier alpha value is -5.44. The molecule has 14 heteroatoms. The number of non-ortho nitro benzene ring substituents is 1. The van der Waals surface area contributed by atoms with Crippen LogP contribution in [0.3, 0.4) is 0 Å². The van der Waals surface area contributed by atoms with Crippen molar-refractivity contribution in [3.8, 4) is 5.75 Å². The molecule has 12 nitrogen and oxygen atoms in total. The fourth-order valence-electron chi connectivity index (χ4n) is 7.90.